The maximum absolute atomic E-state index is 7.46. The molecule has 0 bridgehead atoms. The first kappa shape index (κ1) is 7.80. The summed E-state index contributed by atoms with van der Waals surface area (Å²) in [7, 11) is 0. The van der Waals surface area contributed by atoms with E-state index in [0.717, 1.165) is 0 Å². The van der Waals surface area contributed by atoms with Crippen LogP contribution in [0.2, 0.25) is 15.5 Å². The molecule has 2 nitrogen and oxygen atoms in total. The van der Waals surface area contributed by atoms with Crippen LogP contribution in [-0.2, 0) is 0 Å². The number of fused-ring (bicyclic) bond motifs is 1. The van der Waals surface area contributed by atoms with Crippen LogP contribution in [0.3, 0.4) is 0 Å². The van der Waals surface area contributed by atoms with E-state index in [1.807, 2.05) is 0 Å². The Hall–Kier alpha value is -0.570. The van der Waals surface area contributed by atoms with E-state index in [2.05, 4.69) is 9.97 Å². The summed E-state index contributed by atoms with van der Waals surface area (Å²) in [6.45, 7) is 0. The van der Waals surface area contributed by atoms with Crippen LogP contribution in [-0.4, -0.2) is 9.97 Å². The van der Waals surface area contributed by atoms with E-state index in [1.165, 1.54) is 6.07 Å². The van der Waals surface area contributed by atoms with E-state index < -0.39 is 0 Å². The van der Waals surface area contributed by atoms with Gasteiger partial charge in [-0.15, -0.1) is 0 Å². The van der Waals surface area contributed by atoms with Gasteiger partial charge in [0, 0.05) is 10.4 Å². The van der Waals surface area contributed by atoms with Crippen LogP contribution in [0.1, 0.15) is 1.37 Å². The van der Waals surface area contributed by atoms with Crippen LogP contribution in [0, 0.1) is 0 Å². The lowest BCUT2D eigenvalue weighted by molar-refractivity contribution is 1.22. The summed E-state index contributed by atoms with van der Waals surface area (Å²) in [5.74, 6) is 0. The third-order valence-corrected chi connectivity index (χ3v) is 2.19. The number of rotatable bonds is 0. The highest BCUT2D eigenvalue weighted by Crippen LogP contribution is 2.24. The summed E-state index contributed by atoms with van der Waals surface area (Å²) in [6.07, 6.45) is 0. The fraction of sp³-hybridized carbons (Fsp3) is 0. The van der Waals surface area contributed by atoms with Gasteiger partial charge >= 0.3 is 0 Å². The lowest BCUT2D eigenvalue weighted by atomic mass is 10.2. The Bertz CT molecular complexity index is 515. The molecule has 0 N–H and O–H groups in total. The summed E-state index contributed by atoms with van der Waals surface area (Å²) in [6, 6.07) is 3.24. The standard InChI is InChI=1S/C8H3Cl3N2/c9-4-1-2-6-5(3-4)7(10)13-8(11)12-6/h1-3H/i1T. The molecular formula is C8H3Cl3N2. The van der Waals surface area contributed by atoms with Crippen LogP contribution < -0.4 is 0 Å². The molecule has 1 aromatic carbocycles. The summed E-state index contributed by atoms with van der Waals surface area (Å²) >= 11 is 17.2. The quantitative estimate of drug-likeness (QED) is 0.515. The molecule has 5 heteroatoms. The molecule has 0 atom stereocenters. The first-order chi connectivity index (χ1) is 6.58. The fourth-order valence-corrected chi connectivity index (χ4v) is 1.59. The number of benzene rings is 1. The Morgan fingerprint density at radius 1 is 1.23 bits per heavy atom. The van der Waals surface area contributed by atoms with Crippen molar-refractivity contribution >= 4 is 45.7 Å². The topological polar surface area (TPSA) is 25.8 Å². The summed E-state index contributed by atoms with van der Waals surface area (Å²) in [5, 5.41) is 1.20. The van der Waals surface area contributed by atoms with Crippen molar-refractivity contribution in [2.24, 2.45) is 0 Å². The van der Waals surface area contributed by atoms with Gasteiger partial charge < -0.3 is 0 Å². The van der Waals surface area contributed by atoms with Crippen molar-refractivity contribution in [3.05, 3.63) is 33.6 Å². The monoisotopic (exact) mass is 234 g/mol. The van der Waals surface area contributed by atoms with E-state index >= 15 is 0 Å². The molecule has 13 heavy (non-hydrogen) atoms. The van der Waals surface area contributed by atoms with Gasteiger partial charge in [-0.2, -0.15) is 0 Å². The Morgan fingerprint density at radius 2 is 2.00 bits per heavy atom. The van der Waals surface area contributed by atoms with E-state index in [1.54, 1.807) is 6.07 Å². The smallest absolute Gasteiger partial charge is 0.218 e. The highest BCUT2D eigenvalue weighted by Gasteiger charge is 2.04. The van der Waals surface area contributed by atoms with Crippen molar-refractivity contribution in [1.82, 2.24) is 9.97 Å². The van der Waals surface area contributed by atoms with E-state index in [-0.39, 0.29) is 16.5 Å². The molecule has 0 radical (unpaired) electrons. The molecule has 0 fully saturated rings. The normalized spacial score (nSPS) is 11.8. The van der Waals surface area contributed by atoms with Gasteiger partial charge in [0.1, 0.15) is 5.15 Å². The van der Waals surface area contributed by atoms with Crippen molar-refractivity contribution in [3.8, 4) is 0 Å². The average Bonchev–Trinajstić information content (AvgIpc) is 2.08. The van der Waals surface area contributed by atoms with Gasteiger partial charge in [-0.1, -0.05) is 23.2 Å². The van der Waals surface area contributed by atoms with Crippen LogP contribution in [0.25, 0.3) is 10.9 Å². The minimum absolute atomic E-state index is 0.0595. The van der Waals surface area contributed by atoms with Crippen LogP contribution in [0.5, 0.6) is 0 Å². The Morgan fingerprint density at radius 3 is 2.77 bits per heavy atom. The second-order valence-electron chi connectivity index (χ2n) is 2.36. The zero-order chi connectivity index (χ0) is 10.3. The molecule has 0 saturated heterocycles. The molecule has 66 valence electrons. The average molecular weight is 235 g/mol. The van der Waals surface area contributed by atoms with Gasteiger partial charge in [0.25, 0.3) is 0 Å². The number of hydrogen-bond donors (Lipinski definition) is 0. The van der Waals surface area contributed by atoms with E-state index in [0.29, 0.717) is 15.9 Å². The summed E-state index contributed by atoms with van der Waals surface area (Å²) in [4.78, 5) is 7.70. The predicted molar refractivity (Wildman–Crippen MR) is 54.6 cm³/mol. The minimum Gasteiger partial charge on any atom is -0.218 e. The maximum Gasteiger partial charge on any atom is 0.224 e. The molecule has 0 aliphatic heterocycles. The first-order valence-electron chi connectivity index (χ1n) is 3.87. The van der Waals surface area contributed by atoms with E-state index in [9.17, 15) is 0 Å². The second-order valence-corrected chi connectivity index (χ2v) is 3.47. The van der Waals surface area contributed by atoms with Crippen LogP contribution in [0.15, 0.2) is 18.2 Å². The molecular weight excluding hydrogens is 230 g/mol. The third-order valence-electron chi connectivity index (χ3n) is 1.52. The van der Waals surface area contributed by atoms with Crippen molar-refractivity contribution in [3.63, 3.8) is 0 Å². The van der Waals surface area contributed by atoms with Crippen molar-refractivity contribution in [2.45, 2.75) is 0 Å². The largest absolute Gasteiger partial charge is 0.224 e. The summed E-state index contributed by atoms with van der Waals surface area (Å²) in [5.41, 5.74) is 0.518. The van der Waals surface area contributed by atoms with Crippen molar-refractivity contribution < 1.29 is 1.37 Å². The third kappa shape index (κ3) is 1.70. The van der Waals surface area contributed by atoms with Gasteiger partial charge in [0.15, 0.2) is 0 Å². The van der Waals surface area contributed by atoms with Crippen molar-refractivity contribution in [1.29, 1.82) is 0 Å². The minimum atomic E-state index is 0.0595. The molecule has 0 amide bonds. The molecule has 0 saturated carbocycles. The van der Waals surface area contributed by atoms with Crippen LogP contribution in [0.4, 0.5) is 0 Å². The zero-order valence-electron chi connectivity index (χ0n) is 7.18. The lowest BCUT2D eigenvalue weighted by Crippen LogP contribution is -1.85. The molecule has 1 heterocycles. The van der Waals surface area contributed by atoms with Crippen molar-refractivity contribution in [2.75, 3.05) is 0 Å². The molecule has 0 spiro atoms. The molecule has 0 aliphatic carbocycles. The molecule has 0 aliphatic rings. The predicted octanol–water partition coefficient (Wildman–Crippen LogP) is 3.59. The molecule has 2 rings (SSSR count). The van der Waals surface area contributed by atoms with Gasteiger partial charge in [0.05, 0.1) is 6.89 Å². The number of nitrogens with zero attached hydrogens (tertiary/aromatic N) is 2. The van der Waals surface area contributed by atoms with Gasteiger partial charge in [0.2, 0.25) is 5.28 Å². The number of aromatic nitrogens is 2. The van der Waals surface area contributed by atoms with Gasteiger partial charge in [-0.25, -0.2) is 9.97 Å². The van der Waals surface area contributed by atoms with Gasteiger partial charge in [-0.05, 0) is 29.8 Å². The SMILES string of the molecule is [3H]c1cc2nc(Cl)nc(Cl)c2cc1Cl. The highest BCUT2D eigenvalue weighted by molar-refractivity contribution is 6.36. The van der Waals surface area contributed by atoms with Gasteiger partial charge in [-0.3, -0.25) is 0 Å². The van der Waals surface area contributed by atoms with E-state index in [4.69, 9.17) is 36.2 Å². The Balaban J connectivity index is 2.89. The Kier molecular flexibility index (Phi) is 1.98. The van der Waals surface area contributed by atoms with Crippen LogP contribution >= 0.6 is 34.8 Å². The lowest BCUT2D eigenvalue weighted by Gasteiger charge is -1.99. The molecule has 0 unspecified atom stereocenters. The number of halogens is 3. The summed E-state index contributed by atoms with van der Waals surface area (Å²) < 4.78 is 7.46. The fourth-order valence-electron chi connectivity index (χ4n) is 0.981. The second kappa shape index (κ2) is 3.29. The first-order valence-corrected chi connectivity index (χ1v) is 4.50. The molecule has 2 aromatic rings. The molecule has 1 aromatic heterocycles. The zero-order valence-corrected chi connectivity index (χ0v) is 8.45. The number of hydrogen-bond acceptors (Lipinski definition) is 2. The highest BCUT2D eigenvalue weighted by atomic mass is 35.5. The Labute approximate surface area is 90.9 Å². The maximum atomic E-state index is 7.46.